The molecule has 0 saturated heterocycles. The minimum absolute atomic E-state index is 0.0269. The van der Waals surface area contributed by atoms with E-state index < -0.39 is 5.97 Å². The normalized spacial score (nSPS) is 10.9. The molecule has 1 aromatic carbocycles. The van der Waals surface area contributed by atoms with Gasteiger partial charge in [-0.1, -0.05) is 23.2 Å². The molecule has 22 heavy (non-hydrogen) atoms. The molecule has 0 aliphatic carbocycles. The summed E-state index contributed by atoms with van der Waals surface area (Å²) in [7, 11) is 1.23. The van der Waals surface area contributed by atoms with E-state index in [9.17, 15) is 4.79 Å². The third-order valence-electron chi connectivity index (χ3n) is 3.01. The standard InChI is InChI=1S/C13H8Cl2N4O3/c1-21-13(20)12-9(15)7(16)4-8(17-12)5-2-3-6(14)11-10(5)18-22-19-11/h2-4H,1H3,(H2,16,17). The number of fused-ring (bicyclic) bond motifs is 1. The molecule has 0 unspecified atom stereocenters. The van der Waals surface area contributed by atoms with Crippen molar-refractivity contribution in [3.63, 3.8) is 0 Å². The van der Waals surface area contributed by atoms with E-state index >= 15 is 0 Å². The van der Waals surface area contributed by atoms with E-state index in [-0.39, 0.29) is 16.4 Å². The maximum atomic E-state index is 11.7. The number of halogens is 2. The van der Waals surface area contributed by atoms with Crippen molar-refractivity contribution in [1.82, 2.24) is 15.3 Å². The molecule has 2 N–H and O–H groups in total. The number of hydrogen-bond acceptors (Lipinski definition) is 7. The minimum Gasteiger partial charge on any atom is -0.464 e. The number of carbonyl (C=O) groups excluding carboxylic acids is 1. The third kappa shape index (κ3) is 2.24. The molecule has 0 spiro atoms. The van der Waals surface area contributed by atoms with Crippen LogP contribution in [-0.4, -0.2) is 28.4 Å². The van der Waals surface area contributed by atoms with Crippen molar-refractivity contribution in [3.05, 3.63) is 33.9 Å². The van der Waals surface area contributed by atoms with Crippen LogP contribution in [0.5, 0.6) is 0 Å². The summed E-state index contributed by atoms with van der Waals surface area (Å²) >= 11 is 12.0. The minimum atomic E-state index is -0.693. The highest BCUT2D eigenvalue weighted by atomic mass is 35.5. The molecule has 0 saturated carbocycles. The third-order valence-corrected chi connectivity index (χ3v) is 3.71. The van der Waals surface area contributed by atoms with Crippen LogP contribution in [0.3, 0.4) is 0 Å². The maximum absolute atomic E-state index is 11.7. The summed E-state index contributed by atoms with van der Waals surface area (Å²) in [4.78, 5) is 15.9. The van der Waals surface area contributed by atoms with Crippen molar-refractivity contribution in [2.45, 2.75) is 0 Å². The molecular weight excluding hydrogens is 331 g/mol. The summed E-state index contributed by atoms with van der Waals surface area (Å²) in [5.74, 6) is -0.693. The lowest BCUT2D eigenvalue weighted by Gasteiger charge is -2.08. The molecule has 0 radical (unpaired) electrons. The summed E-state index contributed by atoms with van der Waals surface area (Å²) in [5, 5.41) is 7.94. The zero-order chi connectivity index (χ0) is 15.9. The molecule has 7 nitrogen and oxygen atoms in total. The summed E-state index contributed by atoms with van der Waals surface area (Å²) in [6.07, 6.45) is 0. The lowest BCUT2D eigenvalue weighted by molar-refractivity contribution is 0.0594. The fourth-order valence-electron chi connectivity index (χ4n) is 1.96. The van der Waals surface area contributed by atoms with Crippen LogP contribution in [0.4, 0.5) is 5.69 Å². The first kappa shape index (κ1) is 14.6. The van der Waals surface area contributed by atoms with Crippen molar-refractivity contribution >= 4 is 45.9 Å². The Kier molecular flexibility index (Phi) is 3.59. The Hall–Kier alpha value is -2.38. The van der Waals surface area contributed by atoms with Crippen LogP contribution < -0.4 is 5.73 Å². The second-order valence-electron chi connectivity index (χ2n) is 4.31. The molecule has 112 valence electrons. The van der Waals surface area contributed by atoms with E-state index in [4.69, 9.17) is 33.6 Å². The number of nitrogens with zero attached hydrogens (tertiary/aromatic N) is 3. The lowest BCUT2D eigenvalue weighted by Crippen LogP contribution is -2.08. The molecule has 3 aromatic rings. The summed E-state index contributed by atoms with van der Waals surface area (Å²) < 4.78 is 9.35. The van der Waals surface area contributed by atoms with Crippen LogP contribution in [0.25, 0.3) is 22.3 Å². The molecule has 0 fully saturated rings. The topological polar surface area (TPSA) is 104 Å². The van der Waals surface area contributed by atoms with Gasteiger partial charge in [-0.25, -0.2) is 14.4 Å². The number of rotatable bonds is 2. The molecule has 2 heterocycles. The van der Waals surface area contributed by atoms with E-state index in [2.05, 4.69) is 20.0 Å². The number of esters is 1. The Balaban J connectivity index is 2.27. The van der Waals surface area contributed by atoms with Gasteiger partial charge in [0.15, 0.2) is 11.2 Å². The smallest absolute Gasteiger partial charge is 0.358 e. The number of nitrogen functional groups attached to an aromatic ring is 1. The summed E-state index contributed by atoms with van der Waals surface area (Å²) in [6.45, 7) is 0. The highest BCUT2D eigenvalue weighted by Gasteiger charge is 2.20. The van der Waals surface area contributed by atoms with Gasteiger partial charge in [0.25, 0.3) is 0 Å². The average molecular weight is 339 g/mol. The first-order valence-corrected chi connectivity index (χ1v) is 6.74. The number of anilines is 1. The van der Waals surface area contributed by atoms with Crippen molar-refractivity contribution in [3.8, 4) is 11.3 Å². The molecule has 0 atom stereocenters. The zero-order valence-corrected chi connectivity index (χ0v) is 12.6. The van der Waals surface area contributed by atoms with Gasteiger partial charge >= 0.3 is 5.97 Å². The Bertz CT molecular complexity index is 894. The van der Waals surface area contributed by atoms with E-state index in [1.165, 1.54) is 13.2 Å². The van der Waals surface area contributed by atoms with Gasteiger partial charge in [0.2, 0.25) is 0 Å². The fourth-order valence-corrected chi connectivity index (χ4v) is 2.32. The second-order valence-corrected chi connectivity index (χ2v) is 5.09. The van der Waals surface area contributed by atoms with Crippen LogP contribution >= 0.6 is 23.2 Å². The predicted molar refractivity (Wildman–Crippen MR) is 80.8 cm³/mol. The van der Waals surface area contributed by atoms with Gasteiger partial charge in [-0.15, -0.1) is 0 Å². The van der Waals surface area contributed by atoms with E-state index in [1.807, 2.05) is 0 Å². The van der Waals surface area contributed by atoms with Gasteiger partial charge in [0, 0.05) is 5.56 Å². The number of nitrogens with two attached hydrogens (primary N) is 1. The number of benzene rings is 1. The van der Waals surface area contributed by atoms with Crippen molar-refractivity contribution < 1.29 is 14.2 Å². The monoisotopic (exact) mass is 338 g/mol. The Morgan fingerprint density at radius 1 is 1.27 bits per heavy atom. The van der Waals surface area contributed by atoms with Crippen LogP contribution in [0, 0.1) is 0 Å². The molecule has 0 aliphatic rings. The first-order valence-electron chi connectivity index (χ1n) is 5.98. The van der Waals surface area contributed by atoms with Crippen molar-refractivity contribution in [2.24, 2.45) is 0 Å². The van der Waals surface area contributed by atoms with Crippen LogP contribution in [-0.2, 0) is 4.74 Å². The van der Waals surface area contributed by atoms with E-state index in [1.54, 1.807) is 12.1 Å². The summed E-state index contributed by atoms with van der Waals surface area (Å²) in [6, 6.07) is 4.81. The summed E-state index contributed by atoms with van der Waals surface area (Å²) in [5.41, 5.74) is 7.65. The van der Waals surface area contributed by atoms with Crippen molar-refractivity contribution in [2.75, 3.05) is 12.8 Å². The van der Waals surface area contributed by atoms with E-state index in [0.717, 1.165) is 0 Å². The van der Waals surface area contributed by atoms with Crippen LogP contribution in [0.1, 0.15) is 10.5 Å². The highest BCUT2D eigenvalue weighted by Crippen LogP contribution is 2.33. The van der Waals surface area contributed by atoms with Gasteiger partial charge in [0.1, 0.15) is 5.52 Å². The van der Waals surface area contributed by atoms with Crippen molar-refractivity contribution in [1.29, 1.82) is 0 Å². The van der Waals surface area contributed by atoms with Crippen LogP contribution in [0.2, 0.25) is 10.0 Å². The Morgan fingerprint density at radius 2 is 2.00 bits per heavy atom. The SMILES string of the molecule is COC(=O)c1nc(-c2ccc(Cl)c3nonc23)cc(N)c1Cl. The molecule has 0 amide bonds. The van der Waals surface area contributed by atoms with E-state index in [0.29, 0.717) is 27.3 Å². The van der Waals surface area contributed by atoms with Gasteiger partial charge in [-0.3, -0.25) is 0 Å². The number of carbonyl (C=O) groups is 1. The first-order chi connectivity index (χ1) is 10.5. The van der Waals surface area contributed by atoms with Crippen LogP contribution in [0.15, 0.2) is 22.8 Å². The lowest BCUT2D eigenvalue weighted by atomic mass is 10.1. The quantitative estimate of drug-likeness (QED) is 0.716. The molecule has 3 rings (SSSR count). The second kappa shape index (κ2) is 5.43. The van der Waals surface area contributed by atoms with Gasteiger partial charge < -0.3 is 10.5 Å². The van der Waals surface area contributed by atoms with Gasteiger partial charge in [-0.2, -0.15) is 0 Å². The molecule has 0 aliphatic heterocycles. The molecular formula is C13H8Cl2N4O3. The number of pyridine rings is 1. The predicted octanol–water partition coefficient (Wildman–Crippen LogP) is 2.96. The van der Waals surface area contributed by atoms with Gasteiger partial charge in [0.05, 0.1) is 28.5 Å². The number of aromatic nitrogens is 3. The molecule has 0 bridgehead atoms. The molecule has 2 aromatic heterocycles. The highest BCUT2D eigenvalue weighted by molar-refractivity contribution is 6.36. The largest absolute Gasteiger partial charge is 0.464 e. The average Bonchev–Trinajstić information content (AvgIpc) is 3.00. The fraction of sp³-hybridized carbons (Fsp3) is 0.0769. The maximum Gasteiger partial charge on any atom is 0.358 e. The molecule has 9 heteroatoms. The zero-order valence-electron chi connectivity index (χ0n) is 11.1. The Morgan fingerprint density at radius 3 is 2.73 bits per heavy atom. The number of ether oxygens (including phenoxy) is 1. The Labute approximate surface area is 133 Å². The number of methoxy groups -OCH3 is 1. The number of hydrogen-bond donors (Lipinski definition) is 1. The van der Waals surface area contributed by atoms with Gasteiger partial charge in [-0.05, 0) is 28.5 Å².